The van der Waals surface area contributed by atoms with Crippen LogP contribution in [0.5, 0.6) is 11.5 Å². The van der Waals surface area contributed by atoms with Crippen molar-refractivity contribution in [2.24, 2.45) is 0 Å². The molecule has 0 saturated carbocycles. The Morgan fingerprint density at radius 3 is 2.25 bits per heavy atom. The first-order valence-corrected chi connectivity index (χ1v) is 8.96. The van der Waals surface area contributed by atoms with Gasteiger partial charge in [-0.2, -0.15) is 0 Å². The Kier molecular flexibility index (Phi) is 3.59. The van der Waals surface area contributed by atoms with Crippen LogP contribution in [0.15, 0.2) is 91.0 Å². The molecule has 0 bridgehead atoms. The molecule has 5 rings (SSSR count). The van der Waals surface area contributed by atoms with Crippen LogP contribution in [0.4, 0.5) is 0 Å². The van der Waals surface area contributed by atoms with Gasteiger partial charge < -0.3 is 14.6 Å². The van der Waals surface area contributed by atoms with Crippen LogP contribution >= 0.6 is 0 Å². The van der Waals surface area contributed by atoms with E-state index in [4.69, 9.17) is 9.47 Å². The number of hydrogen-bond acceptors (Lipinski definition) is 4. The number of benzene rings is 4. The first-order chi connectivity index (χ1) is 13.7. The van der Waals surface area contributed by atoms with Crippen LogP contribution < -0.4 is 4.74 Å². The SMILES string of the molecule is O=C1OC(c2ccccc2)(c2ccc3ccccc3c2)Oc2cccc(O)c21. The number of carbonyl (C=O) groups is 1. The van der Waals surface area contributed by atoms with Gasteiger partial charge in [0.2, 0.25) is 0 Å². The fraction of sp³-hybridized carbons (Fsp3) is 0.0417. The molecule has 1 N–H and O–H groups in total. The molecule has 1 atom stereocenters. The summed E-state index contributed by atoms with van der Waals surface area (Å²) in [6, 6.07) is 27.9. The van der Waals surface area contributed by atoms with Gasteiger partial charge in [-0.1, -0.05) is 72.8 Å². The molecular weight excluding hydrogens is 352 g/mol. The van der Waals surface area contributed by atoms with Crippen LogP contribution in [0.1, 0.15) is 21.5 Å². The quantitative estimate of drug-likeness (QED) is 0.506. The third kappa shape index (κ3) is 2.42. The van der Waals surface area contributed by atoms with E-state index in [1.165, 1.54) is 6.07 Å². The average Bonchev–Trinajstić information content (AvgIpc) is 2.73. The minimum Gasteiger partial charge on any atom is -0.507 e. The number of esters is 1. The maximum absolute atomic E-state index is 12.9. The maximum Gasteiger partial charge on any atom is 0.349 e. The smallest absolute Gasteiger partial charge is 0.349 e. The molecule has 28 heavy (non-hydrogen) atoms. The van der Waals surface area contributed by atoms with E-state index >= 15 is 0 Å². The Labute approximate surface area is 161 Å². The number of carbonyl (C=O) groups excluding carboxylic acids is 1. The third-order valence-corrected chi connectivity index (χ3v) is 4.98. The molecule has 0 aliphatic carbocycles. The monoisotopic (exact) mass is 368 g/mol. The number of phenols is 1. The van der Waals surface area contributed by atoms with Crippen molar-refractivity contribution in [3.63, 3.8) is 0 Å². The zero-order valence-electron chi connectivity index (χ0n) is 14.8. The number of hydrogen-bond donors (Lipinski definition) is 1. The van der Waals surface area contributed by atoms with Gasteiger partial charge in [-0.15, -0.1) is 0 Å². The molecule has 1 aliphatic heterocycles. The molecule has 4 aromatic carbocycles. The fourth-order valence-electron chi connectivity index (χ4n) is 3.62. The summed E-state index contributed by atoms with van der Waals surface area (Å²) < 4.78 is 12.2. The summed E-state index contributed by atoms with van der Waals surface area (Å²) in [6.45, 7) is 0. The lowest BCUT2D eigenvalue weighted by atomic mass is 9.93. The Balaban J connectivity index is 1.76. The maximum atomic E-state index is 12.9. The van der Waals surface area contributed by atoms with Gasteiger partial charge in [0.25, 0.3) is 0 Å². The third-order valence-electron chi connectivity index (χ3n) is 4.98. The number of cyclic esters (lactones) is 1. The predicted octanol–water partition coefficient (Wildman–Crippen LogP) is 5.00. The number of ether oxygens (including phenoxy) is 2. The molecule has 1 heterocycles. The van der Waals surface area contributed by atoms with Gasteiger partial charge >= 0.3 is 11.8 Å². The molecule has 4 aromatic rings. The lowest BCUT2D eigenvalue weighted by Gasteiger charge is -2.38. The van der Waals surface area contributed by atoms with Crippen molar-refractivity contribution < 1.29 is 19.4 Å². The summed E-state index contributed by atoms with van der Waals surface area (Å²) in [4.78, 5) is 12.9. The molecule has 0 amide bonds. The summed E-state index contributed by atoms with van der Waals surface area (Å²) in [7, 11) is 0. The van der Waals surface area contributed by atoms with Crippen LogP contribution in [0.3, 0.4) is 0 Å². The first kappa shape index (κ1) is 16.4. The van der Waals surface area contributed by atoms with Crippen molar-refractivity contribution in [1.82, 2.24) is 0 Å². The normalized spacial score (nSPS) is 18.2. The van der Waals surface area contributed by atoms with Crippen molar-refractivity contribution in [2.45, 2.75) is 5.79 Å². The minimum atomic E-state index is -1.44. The highest BCUT2D eigenvalue weighted by molar-refractivity contribution is 5.97. The van der Waals surface area contributed by atoms with Crippen molar-refractivity contribution in [3.8, 4) is 11.5 Å². The van der Waals surface area contributed by atoms with Gasteiger partial charge in [-0.3, -0.25) is 0 Å². The number of aromatic hydroxyl groups is 1. The number of fused-ring (bicyclic) bond motifs is 2. The average molecular weight is 368 g/mol. The van der Waals surface area contributed by atoms with Gasteiger partial charge in [-0.05, 0) is 29.0 Å². The number of rotatable bonds is 2. The van der Waals surface area contributed by atoms with Crippen LogP contribution in [0.25, 0.3) is 10.8 Å². The van der Waals surface area contributed by atoms with Crippen molar-refractivity contribution >= 4 is 16.7 Å². The summed E-state index contributed by atoms with van der Waals surface area (Å²) in [6.07, 6.45) is 0. The Bertz CT molecular complexity index is 1200. The molecule has 0 saturated heterocycles. The van der Waals surface area contributed by atoms with Gasteiger partial charge in [-0.25, -0.2) is 4.79 Å². The van der Waals surface area contributed by atoms with E-state index in [1.54, 1.807) is 12.1 Å². The molecule has 0 aromatic heterocycles. The van der Waals surface area contributed by atoms with Gasteiger partial charge in [0.15, 0.2) is 0 Å². The van der Waals surface area contributed by atoms with Crippen molar-refractivity contribution in [2.75, 3.05) is 0 Å². The minimum absolute atomic E-state index is 0.0369. The molecule has 1 unspecified atom stereocenters. The Hall–Kier alpha value is -3.79. The van der Waals surface area contributed by atoms with E-state index in [2.05, 4.69) is 0 Å². The topological polar surface area (TPSA) is 55.8 Å². The lowest BCUT2D eigenvalue weighted by Crippen LogP contribution is -2.43. The second-order valence-corrected chi connectivity index (χ2v) is 6.69. The first-order valence-electron chi connectivity index (χ1n) is 8.96. The van der Waals surface area contributed by atoms with Crippen LogP contribution in [-0.4, -0.2) is 11.1 Å². The molecule has 4 heteroatoms. The van der Waals surface area contributed by atoms with Crippen LogP contribution in [-0.2, 0) is 10.5 Å². The number of phenolic OH excluding ortho intramolecular Hbond substituents is 1. The summed E-state index contributed by atoms with van der Waals surface area (Å²) in [5, 5.41) is 12.2. The van der Waals surface area contributed by atoms with Gasteiger partial charge in [0.05, 0.1) is 0 Å². The molecule has 1 aliphatic rings. The zero-order valence-corrected chi connectivity index (χ0v) is 14.8. The van der Waals surface area contributed by atoms with E-state index in [0.717, 1.165) is 10.8 Å². The van der Waals surface area contributed by atoms with E-state index in [-0.39, 0.29) is 17.1 Å². The standard InChI is InChI=1S/C24H16O4/c25-20-11-6-12-21-22(20)23(26)28-24(27-21,18-9-2-1-3-10-18)19-14-13-16-7-4-5-8-17(16)15-19/h1-15,25H. The fourth-order valence-corrected chi connectivity index (χ4v) is 3.62. The molecule has 0 fully saturated rings. The summed E-state index contributed by atoms with van der Waals surface area (Å²) >= 11 is 0. The van der Waals surface area contributed by atoms with E-state index in [9.17, 15) is 9.90 Å². The summed E-state index contributed by atoms with van der Waals surface area (Å²) in [5.41, 5.74) is 1.42. The predicted molar refractivity (Wildman–Crippen MR) is 105 cm³/mol. The highest BCUT2D eigenvalue weighted by Crippen LogP contribution is 2.45. The van der Waals surface area contributed by atoms with Gasteiger partial charge in [0, 0.05) is 11.1 Å². The molecular formula is C24H16O4. The van der Waals surface area contributed by atoms with Gasteiger partial charge in [0.1, 0.15) is 17.1 Å². The lowest BCUT2D eigenvalue weighted by molar-refractivity contribution is -0.131. The van der Waals surface area contributed by atoms with E-state index in [0.29, 0.717) is 11.1 Å². The molecule has 0 radical (unpaired) electrons. The highest BCUT2D eigenvalue weighted by Gasteiger charge is 2.47. The Morgan fingerprint density at radius 1 is 0.679 bits per heavy atom. The molecule has 0 spiro atoms. The Morgan fingerprint density at radius 2 is 1.43 bits per heavy atom. The summed E-state index contributed by atoms with van der Waals surface area (Å²) in [5.74, 6) is -1.95. The largest absolute Gasteiger partial charge is 0.507 e. The van der Waals surface area contributed by atoms with Crippen molar-refractivity contribution in [3.05, 3.63) is 108 Å². The molecule has 136 valence electrons. The van der Waals surface area contributed by atoms with E-state index in [1.807, 2.05) is 72.8 Å². The van der Waals surface area contributed by atoms with E-state index < -0.39 is 11.8 Å². The molecule has 4 nitrogen and oxygen atoms in total. The second kappa shape index (κ2) is 6.13. The zero-order chi connectivity index (χ0) is 19.1. The highest BCUT2D eigenvalue weighted by atomic mass is 16.7. The second-order valence-electron chi connectivity index (χ2n) is 6.69. The van der Waals surface area contributed by atoms with Crippen molar-refractivity contribution in [1.29, 1.82) is 0 Å². The van der Waals surface area contributed by atoms with Crippen LogP contribution in [0.2, 0.25) is 0 Å². The van der Waals surface area contributed by atoms with Crippen LogP contribution in [0, 0.1) is 0 Å².